The van der Waals surface area contributed by atoms with Gasteiger partial charge in [-0.05, 0) is 19.1 Å². The first-order valence-electron chi connectivity index (χ1n) is 6.13. The van der Waals surface area contributed by atoms with Gasteiger partial charge >= 0.3 is 0 Å². The van der Waals surface area contributed by atoms with E-state index >= 15 is 0 Å². The van der Waals surface area contributed by atoms with Crippen LogP contribution in [0.4, 0.5) is 5.69 Å². The maximum atomic E-state index is 11.8. The summed E-state index contributed by atoms with van der Waals surface area (Å²) in [5, 5.41) is 2.84. The number of morpholine rings is 1. The molecule has 1 fully saturated rings. The molecule has 4 heteroatoms. The second-order valence-corrected chi connectivity index (χ2v) is 4.24. The van der Waals surface area contributed by atoms with Gasteiger partial charge in [0.05, 0.1) is 13.2 Å². The van der Waals surface area contributed by atoms with E-state index in [2.05, 4.69) is 10.2 Å². The van der Waals surface area contributed by atoms with Gasteiger partial charge in [-0.1, -0.05) is 18.2 Å². The van der Waals surface area contributed by atoms with Crippen LogP contribution in [-0.4, -0.2) is 37.1 Å². The summed E-state index contributed by atoms with van der Waals surface area (Å²) in [7, 11) is 0. The molecule has 0 spiro atoms. The third kappa shape index (κ3) is 3.60. The fourth-order valence-corrected chi connectivity index (χ4v) is 1.90. The van der Waals surface area contributed by atoms with E-state index in [0.717, 1.165) is 37.7 Å². The van der Waals surface area contributed by atoms with E-state index in [1.165, 1.54) is 0 Å². The molecule has 18 heavy (non-hydrogen) atoms. The number of rotatable bonds is 3. The topological polar surface area (TPSA) is 41.6 Å². The first-order valence-corrected chi connectivity index (χ1v) is 6.13. The molecular weight excluding hydrogens is 228 g/mol. The highest BCUT2D eigenvalue weighted by atomic mass is 16.5. The molecule has 1 aliphatic rings. The number of nitrogens with zero attached hydrogens (tertiary/aromatic N) is 1. The molecule has 1 amide bonds. The third-order valence-electron chi connectivity index (χ3n) is 2.89. The lowest BCUT2D eigenvalue weighted by Crippen LogP contribution is -2.35. The summed E-state index contributed by atoms with van der Waals surface area (Å²) in [6.45, 7) is 5.11. The van der Waals surface area contributed by atoms with Gasteiger partial charge in [0.2, 0.25) is 5.91 Å². The Morgan fingerprint density at radius 2 is 1.94 bits per heavy atom. The largest absolute Gasteiger partial charge is 0.378 e. The van der Waals surface area contributed by atoms with E-state index in [9.17, 15) is 4.79 Å². The quantitative estimate of drug-likeness (QED) is 0.828. The van der Waals surface area contributed by atoms with Gasteiger partial charge < -0.3 is 15.0 Å². The highest BCUT2D eigenvalue weighted by Gasteiger charge is 2.11. The zero-order valence-corrected chi connectivity index (χ0v) is 10.6. The maximum absolute atomic E-state index is 11.8. The average Bonchev–Trinajstić information content (AvgIpc) is 2.40. The fourth-order valence-electron chi connectivity index (χ4n) is 1.90. The van der Waals surface area contributed by atoms with Gasteiger partial charge in [-0.15, -0.1) is 0 Å². The van der Waals surface area contributed by atoms with E-state index in [-0.39, 0.29) is 5.91 Å². The lowest BCUT2D eigenvalue weighted by Gasteiger charge is -2.29. The molecule has 0 atom stereocenters. The molecule has 0 aliphatic carbocycles. The van der Waals surface area contributed by atoms with Crippen LogP contribution in [0.15, 0.2) is 42.1 Å². The Kier molecular flexibility index (Phi) is 4.36. The van der Waals surface area contributed by atoms with Gasteiger partial charge in [0.15, 0.2) is 0 Å². The first kappa shape index (κ1) is 12.6. The van der Waals surface area contributed by atoms with Crippen molar-refractivity contribution in [3.63, 3.8) is 0 Å². The summed E-state index contributed by atoms with van der Waals surface area (Å²) >= 11 is 0. The van der Waals surface area contributed by atoms with Crippen LogP contribution in [0.1, 0.15) is 6.92 Å². The number of hydrogen-bond donors (Lipinski definition) is 1. The molecule has 0 bridgehead atoms. The van der Waals surface area contributed by atoms with Crippen molar-refractivity contribution in [1.29, 1.82) is 0 Å². The van der Waals surface area contributed by atoms with Crippen molar-refractivity contribution in [3.8, 4) is 0 Å². The zero-order valence-electron chi connectivity index (χ0n) is 10.6. The van der Waals surface area contributed by atoms with E-state index in [0.29, 0.717) is 0 Å². The normalized spacial score (nSPS) is 16.5. The maximum Gasteiger partial charge on any atom is 0.250 e. The number of benzene rings is 1. The SMILES string of the molecule is CC(=CC(=O)Nc1ccccc1)N1CCOCC1. The van der Waals surface area contributed by atoms with Crippen molar-refractivity contribution in [3.05, 3.63) is 42.1 Å². The number of para-hydroxylation sites is 1. The van der Waals surface area contributed by atoms with E-state index in [1.54, 1.807) is 6.08 Å². The molecule has 1 saturated heterocycles. The Balaban J connectivity index is 1.93. The van der Waals surface area contributed by atoms with Gasteiger partial charge in [0.1, 0.15) is 0 Å². The molecule has 1 aromatic rings. The second-order valence-electron chi connectivity index (χ2n) is 4.24. The minimum absolute atomic E-state index is 0.0924. The summed E-state index contributed by atoms with van der Waals surface area (Å²) in [5.41, 5.74) is 1.79. The molecule has 4 nitrogen and oxygen atoms in total. The zero-order chi connectivity index (χ0) is 12.8. The third-order valence-corrected chi connectivity index (χ3v) is 2.89. The van der Waals surface area contributed by atoms with Crippen molar-refractivity contribution in [2.24, 2.45) is 0 Å². The lowest BCUT2D eigenvalue weighted by molar-refractivity contribution is -0.112. The van der Waals surface area contributed by atoms with E-state index in [4.69, 9.17) is 4.74 Å². The summed E-state index contributed by atoms with van der Waals surface area (Å²) < 4.78 is 5.28. The van der Waals surface area contributed by atoms with Crippen molar-refractivity contribution in [2.75, 3.05) is 31.6 Å². The van der Waals surface area contributed by atoms with Crippen LogP contribution in [0.5, 0.6) is 0 Å². The number of carbonyl (C=O) groups excluding carboxylic acids is 1. The molecule has 2 rings (SSSR count). The number of amides is 1. The fraction of sp³-hybridized carbons (Fsp3) is 0.357. The minimum Gasteiger partial charge on any atom is -0.378 e. The van der Waals surface area contributed by atoms with Crippen LogP contribution < -0.4 is 5.32 Å². The number of allylic oxidation sites excluding steroid dienone is 1. The van der Waals surface area contributed by atoms with Gasteiger partial charge in [-0.2, -0.15) is 0 Å². The average molecular weight is 246 g/mol. The highest BCUT2D eigenvalue weighted by Crippen LogP contribution is 2.09. The summed E-state index contributed by atoms with van der Waals surface area (Å²) in [6, 6.07) is 9.46. The summed E-state index contributed by atoms with van der Waals surface area (Å²) in [6.07, 6.45) is 1.64. The smallest absolute Gasteiger partial charge is 0.250 e. The van der Waals surface area contributed by atoms with Crippen LogP contribution in [0.3, 0.4) is 0 Å². The Hall–Kier alpha value is -1.81. The Morgan fingerprint density at radius 3 is 2.61 bits per heavy atom. The monoisotopic (exact) mass is 246 g/mol. The molecule has 96 valence electrons. The Labute approximate surface area is 107 Å². The lowest BCUT2D eigenvalue weighted by atomic mass is 10.3. The highest BCUT2D eigenvalue weighted by molar-refractivity contribution is 5.99. The second kappa shape index (κ2) is 6.21. The first-order chi connectivity index (χ1) is 8.75. The van der Waals surface area contributed by atoms with E-state index < -0.39 is 0 Å². The predicted molar refractivity (Wildman–Crippen MR) is 71.2 cm³/mol. The number of ether oxygens (including phenoxy) is 1. The molecule has 1 aromatic carbocycles. The van der Waals surface area contributed by atoms with Crippen LogP contribution in [0, 0.1) is 0 Å². The number of nitrogens with one attached hydrogen (secondary N) is 1. The summed E-state index contributed by atoms with van der Waals surface area (Å²) in [5.74, 6) is -0.0924. The van der Waals surface area contributed by atoms with Crippen molar-refractivity contribution < 1.29 is 9.53 Å². The molecule has 1 N–H and O–H groups in total. The number of hydrogen-bond acceptors (Lipinski definition) is 3. The summed E-state index contributed by atoms with van der Waals surface area (Å²) in [4.78, 5) is 14.0. The number of anilines is 1. The molecule has 0 aromatic heterocycles. The van der Waals surface area contributed by atoms with Gasteiger partial charge in [-0.25, -0.2) is 0 Å². The van der Waals surface area contributed by atoms with Crippen LogP contribution in [-0.2, 0) is 9.53 Å². The van der Waals surface area contributed by atoms with E-state index in [1.807, 2.05) is 37.3 Å². The van der Waals surface area contributed by atoms with Crippen LogP contribution in [0.25, 0.3) is 0 Å². The standard InChI is InChI=1S/C14H18N2O2/c1-12(16-7-9-18-10-8-16)11-14(17)15-13-5-3-2-4-6-13/h2-6,11H,7-10H2,1H3,(H,15,17). The van der Waals surface area contributed by atoms with Crippen molar-refractivity contribution in [2.45, 2.75) is 6.92 Å². The molecule has 1 heterocycles. The Morgan fingerprint density at radius 1 is 1.28 bits per heavy atom. The predicted octanol–water partition coefficient (Wildman–Crippen LogP) is 1.86. The van der Waals surface area contributed by atoms with Crippen molar-refractivity contribution >= 4 is 11.6 Å². The van der Waals surface area contributed by atoms with Gasteiger partial charge in [-0.3, -0.25) is 4.79 Å². The molecular formula is C14H18N2O2. The van der Waals surface area contributed by atoms with Crippen molar-refractivity contribution in [1.82, 2.24) is 4.90 Å². The minimum atomic E-state index is -0.0924. The molecule has 0 saturated carbocycles. The van der Waals surface area contributed by atoms with Gasteiger partial charge in [0.25, 0.3) is 0 Å². The number of carbonyl (C=O) groups is 1. The van der Waals surface area contributed by atoms with Gasteiger partial charge in [0, 0.05) is 30.5 Å². The molecule has 1 aliphatic heterocycles. The molecule has 0 radical (unpaired) electrons. The molecule has 0 unspecified atom stereocenters. The Bertz CT molecular complexity index is 423. The van der Waals surface area contributed by atoms with Crippen LogP contribution in [0.2, 0.25) is 0 Å². The van der Waals surface area contributed by atoms with Crippen LogP contribution >= 0.6 is 0 Å².